The number of carbonyl (C=O) groups is 1. The monoisotopic (exact) mass is 298 g/mol. The van der Waals surface area contributed by atoms with Crippen LogP contribution in [0.2, 0.25) is 0 Å². The Labute approximate surface area is 124 Å². The van der Waals surface area contributed by atoms with Crippen LogP contribution in [0.15, 0.2) is 18.2 Å². The molecular formula is C15H23FN2O3. The van der Waals surface area contributed by atoms with Gasteiger partial charge in [0, 0.05) is 25.8 Å². The number of halogens is 1. The number of benzene rings is 1. The molecule has 2 amide bonds. The van der Waals surface area contributed by atoms with Crippen molar-refractivity contribution in [3.63, 3.8) is 0 Å². The normalized spacial score (nSPS) is 12.0. The molecule has 0 aliphatic carbocycles. The first-order chi connectivity index (χ1) is 10.1. The summed E-state index contributed by atoms with van der Waals surface area (Å²) in [6.07, 6.45) is 0.804. The van der Waals surface area contributed by atoms with E-state index in [9.17, 15) is 14.3 Å². The first-order valence-electron chi connectivity index (χ1n) is 7.02. The van der Waals surface area contributed by atoms with Gasteiger partial charge in [0.2, 0.25) is 0 Å². The van der Waals surface area contributed by atoms with Crippen molar-refractivity contribution in [2.75, 3.05) is 13.7 Å². The maximum absolute atomic E-state index is 13.4. The second kappa shape index (κ2) is 9.31. The molecule has 118 valence electrons. The van der Waals surface area contributed by atoms with E-state index in [-0.39, 0.29) is 24.6 Å². The highest BCUT2D eigenvalue weighted by molar-refractivity contribution is 5.73. The number of amides is 2. The minimum Gasteiger partial charge on any atom is -0.393 e. The van der Waals surface area contributed by atoms with Crippen LogP contribution in [0, 0.1) is 5.82 Å². The summed E-state index contributed by atoms with van der Waals surface area (Å²) in [5, 5.41) is 14.7. The van der Waals surface area contributed by atoms with Gasteiger partial charge in [0.1, 0.15) is 5.82 Å². The van der Waals surface area contributed by atoms with Crippen LogP contribution in [-0.4, -0.2) is 30.9 Å². The fraction of sp³-hybridized carbons (Fsp3) is 0.533. The summed E-state index contributed by atoms with van der Waals surface area (Å²) in [6.45, 7) is 2.80. The predicted octanol–water partition coefficient (Wildman–Crippen LogP) is 1.93. The molecule has 0 saturated heterocycles. The van der Waals surface area contributed by atoms with Crippen LogP contribution < -0.4 is 10.6 Å². The fourth-order valence-corrected chi connectivity index (χ4v) is 1.81. The lowest BCUT2D eigenvalue weighted by Crippen LogP contribution is -2.36. The number of aliphatic hydroxyl groups is 1. The van der Waals surface area contributed by atoms with Gasteiger partial charge in [-0.1, -0.05) is 13.0 Å². The quantitative estimate of drug-likeness (QED) is 0.687. The molecule has 1 unspecified atom stereocenters. The van der Waals surface area contributed by atoms with Gasteiger partial charge in [-0.15, -0.1) is 0 Å². The third-order valence-corrected chi connectivity index (χ3v) is 3.10. The minimum atomic E-state index is -0.390. The molecule has 0 aliphatic rings. The van der Waals surface area contributed by atoms with E-state index < -0.39 is 0 Å². The van der Waals surface area contributed by atoms with Crippen LogP contribution in [0.1, 0.15) is 30.9 Å². The summed E-state index contributed by atoms with van der Waals surface area (Å²) in [5.41, 5.74) is 1.26. The first kappa shape index (κ1) is 17.4. The number of aliphatic hydroxyl groups excluding tert-OH is 1. The van der Waals surface area contributed by atoms with Gasteiger partial charge in [0.05, 0.1) is 12.7 Å². The molecule has 0 spiro atoms. The van der Waals surface area contributed by atoms with Crippen LogP contribution in [0.25, 0.3) is 0 Å². The van der Waals surface area contributed by atoms with E-state index in [1.54, 1.807) is 12.1 Å². The molecule has 0 bridgehead atoms. The second-order valence-corrected chi connectivity index (χ2v) is 4.82. The van der Waals surface area contributed by atoms with Crippen LogP contribution in [0.3, 0.4) is 0 Å². The average molecular weight is 298 g/mol. The van der Waals surface area contributed by atoms with E-state index in [2.05, 4.69) is 10.6 Å². The van der Waals surface area contributed by atoms with Gasteiger partial charge in [0.15, 0.2) is 0 Å². The van der Waals surface area contributed by atoms with Crippen molar-refractivity contribution in [2.45, 2.75) is 39.0 Å². The van der Waals surface area contributed by atoms with Crippen molar-refractivity contribution in [1.29, 1.82) is 0 Å². The average Bonchev–Trinajstić information content (AvgIpc) is 2.48. The summed E-state index contributed by atoms with van der Waals surface area (Å²) in [4.78, 5) is 11.6. The van der Waals surface area contributed by atoms with Gasteiger partial charge in [-0.25, -0.2) is 9.18 Å². The van der Waals surface area contributed by atoms with E-state index in [0.29, 0.717) is 31.5 Å². The van der Waals surface area contributed by atoms with Gasteiger partial charge in [0.25, 0.3) is 0 Å². The highest BCUT2D eigenvalue weighted by atomic mass is 19.1. The van der Waals surface area contributed by atoms with E-state index in [1.807, 2.05) is 6.92 Å². The summed E-state index contributed by atoms with van der Waals surface area (Å²) in [6, 6.07) is 4.34. The topological polar surface area (TPSA) is 70.6 Å². The number of hydrogen-bond donors (Lipinski definition) is 3. The molecule has 3 N–H and O–H groups in total. The standard InChI is InChI=1S/C15H23FN2O3/c1-3-13(19)6-7-17-15(20)18-9-11-4-5-14(16)12(8-11)10-21-2/h4-5,8,13,19H,3,6-7,9-10H2,1-2H3,(H2,17,18,20). The van der Waals surface area contributed by atoms with E-state index in [0.717, 1.165) is 5.56 Å². The highest BCUT2D eigenvalue weighted by Crippen LogP contribution is 2.11. The molecule has 1 aromatic rings. The number of nitrogens with one attached hydrogen (secondary N) is 2. The lowest BCUT2D eigenvalue weighted by molar-refractivity contribution is 0.160. The van der Waals surface area contributed by atoms with Gasteiger partial charge < -0.3 is 20.5 Å². The number of methoxy groups -OCH3 is 1. The molecule has 0 fully saturated rings. The van der Waals surface area contributed by atoms with E-state index >= 15 is 0 Å². The van der Waals surface area contributed by atoms with Crippen molar-refractivity contribution in [2.24, 2.45) is 0 Å². The number of hydrogen-bond acceptors (Lipinski definition) is 3. The lowest BCUT2D eigenvalue weighted by Gasteiger charge is -2.11. The molecule has 1 atom stereocenters. The number of urea groups is 1. The minimum absolute atomic E-state index is 0.195. The van der Waals surface area contributed by atoms with Crippen molar-refractivity contribution in [3.05, 3.63) is 35.1 Å². The Morgan fingerprint density at radius 2 is 2.19 bits per heavy atom. The first-order valence-corrected chi connectivity index (χ1v) is 7.02. The number of rotatable bonds is 8. The van der Waals surface area contributed by atoms with Gasteiger partial charge in [-0.2, -0.15) is 0 Å². The fourth-order valence-electron chi connectivity index (χ4n) is 1.81. The Morgan fingerprint density at radius 1 is 1.43 bits per heavy atom. The van der Waals surface area contributed by atoms with Gasteiger partial charge in [-0.3, -0.25) is 0 Å². The van der Waals surface area contributed by atoms with Crippen LogP contribution >= 0.6 is 0 Å². The summed E-state index contributed by atoms with van der Waals surface area (Å²) >= 11 is 0. The molecule has 0 aliphatic heterocycles. The molecular weight excluding hydrogens is 275 g/mol. The Morgan fingerprint density at radius 3 is 2.86 bits per heavy atom. The molecule has 21 heavy (non-hydrogen) atoms. The summed E-state index contributed by atoms with van der Waals surface area (Å²) < 4.78 is 18.3. The molecule has 5 nitrogen and oxygen atoms in total. The van der Waals surface area contributed by atoms with E-state index in [4.69, 9.17) is 4.74 Å². The van der Waals surface area contributed by atoms with Gasteiger partial charge >= 0.3 is 6.03 Å². The van der Waals surface area contributed by atoms with Crippen molar-refractivity contribution in [1.82, 2.24) is 10.6 Å². The molecule has 0 saturated carbocycles. The van der Waals surface area contributed by atoms with Crippen molar-refractivity contribution >= 4 is 6.03 Å². The Balaban J connectivity index is 2.37. The Bertz CT molecular complexity index is 455. The number of carbonyl (C=O) groups excluding carboxylic acids is 1. The zero-order chi connectivity index (χ0) is 15.7. The number of ether oxygens (including phenoxy) is 1. The maximum Gasteiger partial charge on any atom is 0.315 e. The van der Waals surface area contributed by atoms with Crippen molar-refractivity contribution < 1.29 is 19.0 Å². The SMILES string of the molecule is CCC(O)CCNC(=O)NCc1ccc(F)c(COC)c1. The second-order valence-electron chi connectivity index (χ2n) is 4.82. The third-order valence-electron chi connectivity index (χ3n) is 3.10. The molecule has 1 rings (SSSR count). The third kappa shape index (κ3) is 6.55. The molecule has 0 heterocycles. The summed E-state index contributed by atoms with van der Waals surface area (Å²) in [5.74, 6) is -0.321. The van der Waals surface area contributed by atoms with Gasteiger partial charge in [-0.05, 0) is 30.5 Å². The molecule has 0 aromatic heterocycles. The molecule has 0 radical (unpaired) electrons. The summed E-state index contributed by atoms with van der Waals surface area (Å²) in [7, 11) is 1.50. The van der Waals surface area contributed by atoms with E-state index in [1.165, 1.54) is 13.2 Å². The predicted molar refractivity (Wildman–Crippen MR) is 78.3 cm³/mol. The zero-order valence-corrected chi connectivity index (χ0v) is 12.5. The van der Waals surface area contributed by atoms with Crippen molar-refractivity contribution in [3.8, 4) is 0 Å². The Hall–Kier alpha value is -1.66. The molecule has 1 aromatic carbocycles. The highest BCUT2D eigenvalue weighted by Gasteiger charge is 2.06. The smallest absolute Gasteiger partial charge is 0.315 e. The van der Waals surface area contributed by atoms with Crippen LogP contribution in [0.4, 0.5) is 9.18 Å². The van der Waals surface area contributed by atoms with Crippen LogP contribution in [0.5, 0.6) is 0 Å². The Kier molecular flexibility index (Phi) is 7.71. The maximum atomic E-state index is 13.4. The molecule has 6 heteroatoms. The zero-order valence-electron chi connectivity index (χ0n) is 12.5. The van der Waals surface area contributed by atoms with Crippen LogP contribution in [-0.2, 0) is 17.9 Å². The largest absolute Gasteiger partial charge is 0.393 e. The lowest BCUT2D eigenvalue weighted by atomic mass is 10.1.